The van der Waals surface area contributed by atoms with Gasteiger partial charge in [0.1, 0.15) is 12.6 Å². The molecule has 0 bridgehead atoms. The fourth-order valence-corrected chi connectivity index (χ4v) is 4.33. The third kappa shape index (κ3) is 4.61. The van der Waals surface area contributed by atoms with Crippen LogP contribution in [0, 0.1) is 11.8 Å². The molecular weight excluding hydrogens is 408 g/mol. The van der Waals surface area contributed by atoms with Crippen molar-refractivity contribution in [3.8, 4) is 11.1 Å². The highest BCUT2D eigenvalue weighted by molar-refractivity contribution is 5.87. The van der Waals surface area contributed by atoms with E-state index in [-0.39, 0.29) is 30.9 Å². The maximum Gasteiger partial charge on any atom is 0.407 e. The van der Waals surface area contributed by atoms with E-state index in [1.165, 1.54) is 0 Å². The van der Waals surface area contributed by atoms with Gasteiger partial charge in [-0.05, 0) is 47.4 Å². The number of fused-ring (bicyclic) bond motifs is 3. The number of ether oxygens (including phenoxy) is 1. The molecule has 0 radical (unpaired) electrons. The van der Waals surface area contributed by atoms with Crippen LogP contribution in [0.1, 0.15) is 43.2 Å². The Hall–Kier alpha value is -3.35. The van der Waals surface area contributed by atoms with Crippen molar-refractivity contribution in [1.82, 2.24) is 10.6 Å². The standard InChI is InChI=1S/C25H28N2O5/c1-2-15(24(29)30)13-26-23(28)22(16-11-12-16)27-25(31)32-14-21-19-9-5-3-7-17(19)18-8-4-6-10-20(18)21/h3-10,15-16,21-22H,2,11-14H2,1H3,(H,26,28)(H,27,31)(H,29,30). The Morgan fingerprint density at radius 2 is 1.62 bits per heavy atom. The lowest BCUT2D eigenvalue weighted by molar-refractivity contribution is -0.141. The summed E-state index contributed by atoms with van der Waals surface area (Å²) >= 11 is 0. The van der Waals surface area contributed by atoms with Crippen LogP contribution in [0.15, 0.2) is 48.5 Å². The van der Waals surface area contributed by atoms with E-state index < -0.39 is 24.0 Å². The number of carbonyl (C=O) groups is 3. The van der Waals surface area contributed by atoms with Gasteiger partial charge in [-0.3, -0.25) is 9.59 Å². The molecule has 2 aromatic carbocycles. The van der Waals surface area contributed by atoms with E-state index in [0.717, 1.165) is 35.1 Å². The number of benzene rings is 2. The molecule has 3 N–H and O–H groups in total. The number of nitrogens with one attached hydrogen (secondary N) is 2. The Bertz CT molecular complexity index is 971. The molecule has 0 heterocycles. The molecule has 7 nitrogen and oxygen atoms in total. The van der Waals surface area contributed by atoms with Gasteiger partial charge in [-0.25, -0.2) is 4.79 Å². The minimum Gasteiger partial charge on any atom is -0.481 e. The lowest BCUT2D eigenvalue weighted by Gasteiger charge is -2.20. The van der Waals surface area contributed by atoms with E-state index in [0.29, 0.717) is 6.42 Å². The Morgan fingerprint density at radius 1 is 1.03 bits per heavy atom. The molecule has 2 aliphatic rings. The van der Waals surface area contributed by atoms with E-state index in [1.54, 1.807) is 6.92 Å². The van der Waals surface area contributed by atoms with Crippen molar-refractivity contribution in [3.63, 3.8) is 0 Å². The van der Waals surface area contributed by atoms with Crippen molar-refractivity contribution in [1.29, 1.82) is 0 Å². The smallest absolute Gasteiger partial charge is 0.407 e. The van der Waals surface area contributed by atoms with Crippen molar-refractivity contribution >= 4 is 18.0 Å². The Kier molecular flexibility index (Phi) is 6.44. The number of carboxylic acid groups (broad SMARTS) is 1. The lowest BCUT2D eigenvalue weighted by atomic mass is 9.98. The third-order valence-corrected chi connectivity index (χ3v) is 6.36. The summed E-state index contributed by atoms with van der Waals surface area (Å²) in [6.07, 6.45) is 1.48. The van der Waals surface area contributed by atoms with Gasteiger partial charge < -0.3 is 20.5 Å². The quantitative estimate of drug-likeness (QED) is 0.558. The van der Waals surface area contributed by atoms with Crippen LogP contribution < -0.4 is 10.6 Å². The second-order valence-electron chi connectivity index (χ2n) is 8.47. The first kappa shape index (κ1) is 21.9. The molecule has 0 aromatic heterocycles. The van der Waals surface area contributed by atoms with Crippen LogP contribution in [-0.4, -0.2) is 42.3 Å². The maximum absolute atomic E-state index is 12.6. The fraction of sp³-hybridized carbons (Fsp3) is 0.400. The number of hydrogen-bond acceptors (Lipinski definition) is 4. The van der Waals surface area contributed by atoms with Gasteiger partial charge in [0, 0.05) is 12.5 Å². The van der Waals surface area contributed by atoms with Crippen molar-refractivity contribution in [2.24, 2.45) is 11.8 Å². The number of hydrogen-bond donors (Lipinski definition) is 3. The van der Waals surface area contributed by atoms with Crippen molar-refractivity contribution in [3.05, 3.63) is 59.7 Å². The molecule has 2 aliphatic carbocycles. The number of carbonyl (C=O) groups excluding carboxylic acids is 2. The first-order chi connectivity index (χ1) is 15.5. The molecule has 32 heavy (non-hydrogen) atoms. The predicted octanol–water partition coefficient (Wildman–Crippen LogP) is 3.53. The van der Waals surface area contributed by atoms with Crippen LogP contribution in [0.5, 0.6) is 0 Å². The van der Waals surface area contributed by atoms with Gasteiger partial charge >= 0.3 is 12.1 Å². The van der Waals surface area contributed by atoms with E-state index in [2.05, 4.69) is 22.8 Å². The van der Waals surface area contributed by atoms with Gasteiger partial charge in [0.25, 0.3) is 0 Å². The molecule has 2 unspecified atom stereocenters. The first-order valence-electron chi connectivity index (χ1n) is 11.1. The zero-order chi connectivity index (χ0) is 22.7. The van der Waals surface area contributed by atoms with Crippen LogP contribution in [0.3, 0.4) is 0 Å². The number of amides is 2. The highest BCUT2D eigenvalue weighted by Gasteiger charge is 2.38. The average Bonchev–Trinajstić information content (AvgIpc) is 3.58. The van der Waals surface area contributed by atoms with Crippen molar-refractivity contribution in [2.45, 2.75) is 38.1 Å². The second kappa shape index (κ2) is 9.42. The van der Waals surface area contributed by atoms with Gasteiger partial charge in [0.05, 0.1) is 5.92 Å². The van der Waals surface area contributed by atoms with Crippen LogP contribution in [0.2, 0.25) is 0 Å². The molecule has 7 heteroatoms. The van der Waals surface area contributed by atoms with Crippen molar-refractivity contribution < 1.29 is 24.2 Å². The van der Waals surface area contributed by atoms with E-state index in [4.69, 9.17) is 9.84 Å². The summed E-state index contributed by atoms with van der Waals surface area (Å²) in [5.74, 6) is -1.95. The highest BCUT2D eigenvalue weighted by Crippen LogP contribution is 2.44. The Labute approximate surface area is 187 Å². The molecule has 1 saturated carbocycles. The molecular formula is C25H28N2O5. The Morgan fingerprint density at radius 3 is 2.16 bits per heavy atom. The zero-order valence-electron chi connectivity index (χ0n) is 18.0. The van der Waals surface area contributed by atoms with Gasteiger partial charge in [-0.2, -0.15) is 0 Å². The van der Waals surface area contributed by atoms with Gasteiger partial charge in [-0.1, -0.05) is 55.5 Å². The number of alkyl carbamates (subject to hydrolysis) is 1. The second-order valence-corrected chi connectivity index (χ2v) is 8.47. The molecule has 1 fully saturated rings. The summed E-state index contributed by atoms with van der Waals surface area (Å²) in [5.41, 5.74) is 4.54. The third-order valence-electron chi connectivity index (χ3n) is 6.36. The summed E-state index contributed by atoms with van der Waals surface area (Å²) in [5, 5.41) is 14.5. The fourth-order valence-electron chi connectivity index (χ4n) is 4.33. The average molecular weight is 437 g/mol. The predicted molar refractivity (Wildman–Crippen MR) is 119 cm³/mol. The number of carboxylic acids is 1. The van der Waals surface area contributed by atoms with Gasteiger partial charge in [0.2, 0.25) is 5.91 Å². The maximum atomic E-state index is 12.6. The topological polar surface area (TPSA) is 105 Å². The summed E-state index contributed by atoms with van der Waals surface area (Å²) in [4.78, 5) is 36.4. The van der Waals surface area contributed by atoms with Gasteiger partial charge in [0.15, 0.2) is 0 Å². The summed E-state index contributed by atoms with van der Waals surface area (Å²) in [6.45, 7) is 1.98. The highest BCUT2D eigenvalue weighted by atomic mass is 16.5. The van der Waals surface area contributed by atoms with Crippen LogP contribution in [0.25, 0.3) is 11.1 Å². The molecule has 168 valence electrons. The van der Waals surface area contributed by atoms with Gasteiger partial charge in [-0.15, -0.1) is 0 Å². The summed E-state index contributed by atoms with van der Waals surface area (Å²) < 4.78 is 5.56. The normalized spacial score (nSPS) is 16.4. The zero-order valence-corrected chi connectivity index (χ0v) is 18.0. The monoisotopic (exact) mass is 436 g/mol. The molecule has 4 rings (SSSR count). The minimum absolute atomic E-state index is 0.0419. The Balaban J connectivity index is 1.37. The molecule has 2 aromatic rings. The summed E-state index contributed by atoms with van der Waals surface area (Å²) in [7, 11) is 0. The molecule has 2 amide bonds. The van der Waals surface area contributed by atoms with Crippen molar-refractivity contribution in [2.75, 3.05) is 13.2 Å². The lowest BCUT2D eigenvalue weighted by Crippen LogP contribution is -2.49. The van der Waals surface area contributed by atoms with E-state index in [1.807, 2.05) is 36.4 Å². The van der Waals surface area contributed by atoms with Crippen LogP contribution in [-0.2, 0) is 14.3 Å². The SMILES string of the molecule is CCC(CNC(=O)C(NC(=O)OCC1c2ccccc2-c2ccccc21)C1CC1)C(=O)O. The van der Waals surface area contributed by atoms with E-state index in [9.17, 15) is 14.4 Å². The van der Waals surface area contributed by atoms with Crippen LogP contribution in [0.4, 0.5) is 4.79 Å². The largest absolute Gasteiger partial charge is 0.481 e. The molecule has 0 saturated heterocycles. The molecule has 0 spiro atoms. The van der Waals surface area contributed by atoms with Crippen LogP contribution >= 0.6 is 0 Å². The molecule has 2 atom stereocenters. The van der Waals surface area contributed by atoms with E-state index >= 15 is 0 Å². The number of rotatable bonds is 9. The molecule has 0 aliphatic heterocycles. The number of aliphatic carboxylic acids is 1. The summed E-state index contributed by atoms with van der Waals surface area (Å²) in [6, 6.07) is 15.5. The first-order valence-corrected chi connectivity index (χ1v) is 11.1. The minimum atomic E-state index is -0.944.